The summed E-state index contributed by atoms with van der Waals surface area (Å²) >= 11 is -3.78. The summed E-state index contributed by atoms with van der Waals surface area (Å²) in [4.78, 5) is 31.4. The summed E-state index contributed by atoms with van der Waals surface area (Å²) in [5, 5.41) is 0. The summed E-state index contributed by atoms with van der Waals surface area (Å²) in [5.41, 5.74) is 0. The minimum absolute atomic E-state index is 0.617. The SMILES string of the molecule is CC(=O)[O][PbH]([O]C(C)=O)[O]C(C)=O. The maximum atomic E-state index is 10.5. The van der Waals surface area contributed by atoms with Gasteiger partial charge in [0.25, 0.3) is 0 Å². The van der Waals surface area contributed by atoms with E-state index in [1.165, 1.54) is 0 Å². The molecule has 0 unspecified atom stereocenters. The van der Waals surface area contributed by atoms with Gasteiger partial charge < -0.3 is 0 Å². The topological polar surface area (TPSA) is 78.9 Å². The van der Waals surface area contributed by atoms with E-state index in [0.29, 0.717) is 0 Å². The van der Waals surface area contributed by atoms with Gasteiger partial charge in [-0.1, -0.05) is 0 Å². The molecule has 0 aromatic rings. The fourth-order valence-corrected chi connectivity index (χ4v) is 4.20. The van der Waals surface area contributed by atoms with Gasteiger partial charge in [-0.25, -0.2) is 0 Å². The summed E-state index contributed by atoms with van der Waals surface area (Å²) in [6.45, 7) is 3.46. The fraction of sp³-hybridized carbons (Fsp3) is 0.500. The van der Waals surface area contributed by atoms with E-state index in [-0.39, 0.29) is 0 Å². The Hall–Kier alpha value is -0.668. The number of hydrogen-bond donors (Lipinski definition) is 0. The van der Waals surface area contributed by atoms with Crippen LogP contribution in [0.3, 0.4) is 0 Å². The molecular formula is C6H10O6Pb. The first-order valence-corrected chi connectivity index (χ1v) is 8.93. The van der Waals surface area contributed by atoms with Crippen molar-refractivity contribution in [1.29, 1.82) is 0 Å². The van der Waals surface area contributed by atoms with Crippen LogP contribution in [0.5, 0.6) is 0 Å². The molecule has 0 aromatic carbocycles. The van der Waals surface area contributed by atoms with Crippen molar-refractivity contribution in [2.24, 2.45) is 0 Å². The molecule has 74 valence electrons. The molecule has 0 heterocycles. The van der Waals surface area contributed by atoms with Crippen molar-refractivity contribution < 1.29 is 22.4 Å². The molecule has 0 amide bonds. The summed E-state index contributed by atoms with van der Waals surface area (Å²) in [6, 6.07) is 0. The van der Waals surface area contributed by atoms with Gasteiger partial charge in [0.1, 0.15) is 0 Å². The third kappa shape index (κ3) is 7.69. The van der Waals surface area contributed by atoms with Crippen LogP contribution >= 0.6 is 0 Å². The van der Waals surface area contributed by atoms with Crippen molar-refractivity contribution in [1.82, 2.24) is 0 Å². The molecule has 0 fully saturated rings. The molecular weight excluding hydrogens is 375 g/mol. The molecule has 0 rings (SSSR count). The predicted octanol–water partition coefficient (Wildman–Crippen LogP) is -0.607. The average molecular weight is 385 g/mol. The number of carbonyl (C=O) groups excluding carboxylic acids is 3. The van der Waals surface area contributed by atoms with Crippen LogP contribution in [-0.2, 0) is 22.4 Å². The Morgan fingerprint density at radius 2 is 1.00 bits per heavy atom. The molecule has 13 heavy (non-hydrogen) atoms. The van der Waals surface area contributed by atoms with Crippen LogP contribution in [-0.4, -0.2) is 42.0 Å². The molecule has 0 aliphatic heterocycles. The van der Waals surface area contributed by atoms with Crippen molar-refractivity contribution in [3.05, 3.63) is 0 Å². The zero-order valence-corrected chi connectivity index (χ0v) is 12.0. The van der Waals surface area contributed by atoms with E-state index >= 15 is 0 Å². The predicted molar refractivity (Wildman–Crippen MR) is 42.4 cm³/mol. The van der Waals surface area contributed by atoms with E-state index in [1.54, 1.807) is 0 Å². The van der Waals surface area contributed by atoms with Gasteiger partial charge >= 0.3 is 85.2 Å². The number of hydrogen-bond acceptors (Lipinski definition) is 6. The zero-order chi connectivity index (χ0) is 10.4. The first kappa shape index (κ1) is 12.3. The van der Waals surface area contributed by atoms with Crippen LogP contribution in [0.25, 0.3) is 0 Å². The Bertz CT molecular complexity index is 187. The molecule has 0 saturated heterocycles. The van der Waals surface area contributed by atoms with Crippen molar-refractivity contribution in [2.75, 3.05) is 0 Å². The molecule has 0 aliphatic carbocycles. The molecule has 6 nitrogen and oxygen atoms in total. The molecule has 0 aliphatic rings. The van der Waals surface area contributed by atoms with E-state index in [1.807, 2.05) is 0 Å². The van der Waals surface area contributed by atoms with Gasteiger partial charge in [0.2, 0.25) is 0 Å². The van der Waals surface area contributed by atoms with Gasteiger partial charge in [-0.3, -0.25) is 0 Å². The monoisotopic (exact) mass is 386 g/mol. The molecule has 0 radical (unpaired) electrons. The molecule has 0 atom stereocenters. The molecule has 0 bridgehead atoms. The maximum absolute atomic E-state index is 10.5. The number of rotatable bonds is 3. The van der Waals surface area contributed by atoms with E-state index in [0.717, 1.165) is 20.8 Å². The quantitative estimate of drug-likeness (QED) is 0.604. The molecule has 0 N–H and O–H groups in total. The van der Waals surface area contributed by atoms with Crippen molar-refractivity contribution in [3.63, 3.8) is 0 Å². The Kier molecular flexibility index (Phi) is 5.59. The summed E-state index contributed by atoms with van der Waals surface area (Å²) < 4.78 is 13.7. The third-order valence-electron chi connectivity index (χ3n) is 0.787. The Labute approximate surface area is 85.2 Å². The summed E-state index contributed by atoms with van der Waals surface area (Å²) in [7, 11) is 0. The van der Waals surface area contributed by atoms with Crippen LogP contribution < -0.4 is 0 Å². The van der Waals surface area contributed by atoms with Crippen molar-refractivity contribution in [2.45, 2.75) is 20.8 Å². The van der Waals surface area contributed by atoms with Gasteiger partial charge in [-0.15, -0.1) is 0 Å². The van der Waals surface area contributed by atoms with Crippen molar-refractivity contribution in [3.8, 4) is 0 Å². The van der Waals surface area contributed by atoms with Gasteiger partial charge in [-0.2, -0.15) is 0 Å². The van der Waals surface area contributed by atoms with Crippen LogP contribution in [0.1, 0.15) is 20.8 Å². The van der Waals surface area contributed by atoms with Crippen LogP contribution in [0, 0.1) is 0 Å². The Morgan fingerprint density at radius 1 is 0.769 bits per heavy atom. The molecule has 0 spiro atoms. The van der Waals surface area contributed by atoms with E-state index < -0.39 is 42.0 Å². The van der Waals surface area contributed by atoms with Gasteiger partial charge in [-0.05, 0) is 0 Å². The average Bonchev–Trinajstić information content (AvgIpc) is 1.80. The second kappa shape index (κ2) is 5.89. The Balaban J connectivity index is 4.10. The van der Waals surface area contributed by atoms with Crippen LogP contribution in [0.15, 0.2) is 0 Å². The van der Waals surface area contributed by atoms with Crippen LogP contribution in [0.2, 0.25) is 0 Å². The van der Waals surface area contributed by atoms with Gasteiger partial charge in [0.05, 0.1) is 0 Å². The first-order valence-electron chi connectivity index (χ1n) is 3.43. The van der Waals surface area contributed by atoms with Crippen molar-refractivity contribution >= 4 is 42.0 Å². The number of carbonyl (C=O) groups is 3. The second-order valence-electron chi connectivity index (χ2n) is 2.12. The Morgan fingerprint density at radius 3 is 1.15 bits per heavy atom. The molecule has 7 heteroatoms. The van der Waals surface area contributed by atoms with Crippen LogP contribution in [0.4, 0.5) is 0 Å². The summed E-state index contributed by atoms with van der Waals surface area (Å²) in [5.74, 6) is -1.85. The summed E-state index contributed by atoms with van der Waals surface area (Å²) in [6.07, 6.45) is 0. The van der Waals surface area contributed by atoms with E-state index in [2.05, 4.69) is 8.06 Å². The fourth-order valence-electron chi connectivity index (χ4n) is 0.479. The molecule has 0 saturated carbocycles. The second-order valence-corrected chi connectivity index (χ2v) is 7.11. The van der Waals surface area contributed by atoms with Gasteiger partial charge in [0.15, 0.2) is 0 Å². The zero-order valence-electron chi connectivity index (χ0n) is 7.53. The molecule has 0 aromatic heterocycles. The third-order valence-corrected chi connectivity index (χ3v) is 6.90. The minimum atomic E-state index is -3.78. The van der Waals surface area contributed by atoms with E-state index in [4.69, 9.17) is 0 Å². The first-order chi connectivity index (χ1) is 5.91. The normalized spacial score (nSPS) is 9.23. The van der Waals surface area contributed by atoms with Gasteiger partial charge in [0, 0.05) is 0 Å². The standard InChI is InChI=1S/3C2H4O2.Pb.H/c3*1-2(3)4;;/h3*1H3,(H,3,4);;/q;;;+3;/p-3. The van der Waals surface area contributed by atoms with E-state index in [9.17, 15) is 14.4 Å².